The molecule has 0 aromatic carbocycles. The molecule has 1 rings (SSSR count). The molecule has 0 saturated heterocycles. The van der Waals surface area contributed by atoms with E-state index in [-0.39, 0.29) is 5.91 Å². The van der Waals surface area contributed by atoms with Gasteiger partial charge in [-0.05, 0) is 44.1 Å². The minimum atomic E-state index is 0.236. The molecule has 100 valence electrons. The van der Waals surface area contributed by atoms with Gasteiger partial charge in [-0.3, -0.25) is 4.79 Å². The number of rotatable bonds is 7. The maximum Gasteiger partial charge on any atom is 0.220 e. The molecule has 1 unspecified atom stereocenters. The fraction of sp³-hybridized carbons (Fsp3) is 0.929. The molecule has 1 aliphatic carbocycles. The minimum Gasteiger partial charge on any atom is -0.353 e. The van der Waals surface area contributed by atoms with Crippen LogP contribution in [0.2, 0.25) is 0 Å². The summed E-state index contributed by atoms with van der Waals surface area (Å²) < 4.78 is 0. The summed E-state index contributed by atoms with van der Waals surface area (Å²) in [5, 5.41) is 3.15. The van der Waals surface area contributed by atoms with E-state index in [1.807, 2.05) is 0 Å². The predicted molar refractivity (Wildman–Crippen MR) is 71.6 cm³/mol. The van der Waals surface area contributed by atoms with Gasteiger partial charge in [-0.2, -0.15) is 0 Å². The van der Waals surface area contributed by atoms with Gasteiger partial charge < -0.3 is 11.1 Å². The molecule has 1 saturated carbocycles. The fourth-order valence-corrected chi connectivity index (χ4v) is 2.71. The Morgan fingerprint density at radius 3 is 2.47 bits per heavy atom. The van der Waals surface area contributed by atoms with E-state index in [9.17, 15) is 4.79 Å². The normalized spacial score (nSPS) is 18.6. The molecule has 17 heavy (non-hydrogen) atoms. The first kappa shape index (κ1) is 14.5. The number of carbonyl (C=O) groups excluding carboxylic acids is 1. The number of carbonyl (C=O) groups is 1. The van der Waals surface area contributed by atoms with E-state index >= 15 is 0 Å². The SMILES string of the molecule is CC(C)C(CCN)CCC(=O)NC1CCCC1. The van der Waals surface area contributed by atoms with Crippen LogP contribution in [0.4, 0.5) is 0 Å². The molecule has 3 nitrogen and oxygen atoms in total. The van der Waals surface area contributed by atoms with Crippen molar-refractivity contribution in [1.82, 2.24) is 5.32 Å². The van der Waals surface area contributed by atoms with Gasteiger partial charge in [0.15, 0.2) is 0 Å². The first-order chi connectivity index (χ1) is 8.13. The second-order valence-electron chi connectivity index (χ2n) is 5.67. The molecule has 3 N–H and O–H groups in total. The van der Waals surface area contributed by atoms with E-state index in [0.29, 0.717) is 24.3 Å². The summed E-state index contributed by atoms with van der Waals surface area (Å²) in [5.41, 5.74) is 5.61. The molecule has 1 fully saturated rings. The van der Waals surface area contributed by atoms with Crippen molar-refractivity contribution in [1.29, 1.82) is 0 Å². The Morgan fingerprint density at radius 1 is 1.29 bits per heavy atom. The van der Waals surface area contributed by atoms with Crippen LogP contribution in [0.5, 0.6) is 0 Å². The third-order valence-electron chi connectivity index (χ3n) is 3.94. The summed E-state index contributed by atoms with van der Waals surface area (Å²) >= 11 is 0. The predicted octanol–water partition coefficient (Wildman–Crippen LogP) is 2.45. The van der Waals surface area contributed by atoms with Crippen LogP contribution in [0.1, 0.15) is 58.8 Å². The van der Waals surface area contributed by atoms with Crippen molar-refractivity contribution in [3.8, 4) is 0 Å². The second kappa shape index (κ2) is 7.70. The Bertz CT molecular complexity index is 222. The molecule has 0 heterocycles. The smallest absolute Gasteiger partial charge is 0.220 e. The van der Waals surface area contributed by atoms with Crippen LogP contribution >= 0.6 is 0 Å². The van der Waals surface area contributed by atoms with Gasteiger partial charge in [-0.25, -0.2) is 0 Å². The molecule has 0 aromatic rings. The monoisotopic (exact) mass is 240 g/mol. The molecule has 3 heteroatoms. The zero-order valence-electron chi connectivity index (χ0n) is 11.4. The van der Waals surface area contributed by atoms with Crippen molar-refractivity contribution >= 4 is 5.91 Å². The largest absolute Gasteiger partial charge is 0.353 e. The Labute approximate surface area is 106 Å². The van der Waals surface area contributed by atoms with Crippen molar-refractivity contribution in [3.63, 3.8) is 0 Å². The van der Waals surface area contributed by atoms with E-state index in [2.05, 4.69) is 19.2 Å². The maximum atomic E-state index is 11.8. The van der Waals surface area contributed by atoms with E-state index in [4.69, 9.17) is 5.73 Å². The van der Waals surface area contributed by atoms with Crippen molar-refractivity contribution in [2.24, 2.45) is 17.6 Å². The molecule has 0 bridgehead atoms. The number of nitrogens with one attached hydrogen (secondary N) is 1. The van der Waals surface area contributed by atoms with Gasteiger partial charge in [-0.15, -0.1) is 0 Å². The Morgan fingerprint density at radius 2 is 1.94 bits per heavy atom. The average Bonchev–Trinajstić information content (AvgIpc) is 2.76. The lowest BCUT2D eigenvalue weighted by atomic mass is 9.88. The Hall–Kier alpha value is -0.570. The Balaban J connectivity index is 2.20. The molecule has 1 atom stereocenters. The zero-order chi connectivity index (χ0) is 12.7. The van der Waals surface area contributed by atoms with E-state index < -0.39 is 0 Å². The van der Waals surface area contributed by atoms with Crippen LogP contribution in [0.3, 0.4) is 0 Å². The van der Waals surface area contributed by atoms with Crippen LogP contribution in [0, 0.1) is 11.8 Å². The van der Waals surface area contributed by atoms with Crippen molar-refractivity contribution < 1.29 is 4.79 Å². The van der Waals surface area contributed by atoms with Gasteiger partial charge in [-0.1, -0.05) is 26.7 Å². The van der Waals surface area contributed by atoms with Crippen LogP contribution in [-0.2, 0) is 4.79 Å². The van der Waals surface area contributed by atoms with Crippen LogP contribution in [0.15, 0.2) is 0 Å². The summed E-state index contributed by atoms with van der Waals surface area (Å²) in [5.74, 6) is 1.45. The van der Waals surface area contributed by atoms with Crippen LogP contribution in [-0.4, -0.2) is 18.5 Å². The molecule has 1 aliphatic rings. The minimum absolute atomic E-state index is 0.236. The first-order valence-corrected chi connectivity index (χ1v) is 7.13. The van der Waals surface area contributed by atoms with Gasteiger partial charge in [0.25, 0.3) is 0 Å². The van der Waals surface area contributed by atoms with Crippen LogP contribution in [0.25, 0.3) is 0 Å². The standard InChI is InChI=1S/C14H28N2O/c1-11(2)12(9-10-15)7-8-14(17)16-13-5-3-4-6-13/h11-13H,3-10,15H2,1-2H3,(H,16,17). The molecule has 0 radical (unpaired) electrons. The molecular weight excluding hydrogens is 212 g/mol. The van der Waals surface area contributed by atoms with Crippen molar-refractivity contribution in [3.05, 3.63) is 0 Å². The second-order valence-corrected chi connectivity index (χ2v) is 5.67. The summed E-state index contributed by atoms with van der Waals surface area (Å²) in [4.78, 5) is 11.8. The van der Waals surface area contributed by atoms with Gasteiger partial charge in [0.1, 0.15) is 0 Å². The maximum absolute atomic E-state index is 11.8. The molecule has 1 amide bonds. The summed E-state index contributed by atoms with van der Waals surface area (Å²) in [6.45, 7) is 5.16. The van der Waals surface area contributed by atoms with Gasteiger partial charge in [0.2, 0.25) is 5.91 Å². The number of nitrogens with two attached hydrogens (primary N) is 1. The lowest BCUT2D eigenvalue weighted by Gasteiger charge is -2.20. The van der Waals surface area contributed by atoms with Gasteiger partial charge in [0.05, 0.1) is 0 Å². The summed E-state index contributed by atoms with van der Waals surface area (Å²) in [6.07, 6.45) is 7.56. The van der Waals surface area contributed by atoms with Crippen molar-refractivity contribution in [2.45, 2.75) is 64.8 Å². The molecule has 0 aliphatic heterocycles. The summed E-state index contributed by atoms with van der Waals surface area (Å²) in [6, 6.07) is 0.453. The van der Waals surface area contributed by atoms with Gasteiger partial charge in [0, 0.05) is 12.5 Å². The molecular formula is C14H28N2O. The zero-order valence-corrected chi connectivity index (χ0v) is 11.4. The fourth-order valence-electron chi connectivity index (χ4n) is 2.71. The highest BCUT2D eigenvalue weighted by Gasteiger charge is 2.18. The highest BCUT2D eigenvalue weighted by Crippen LogP contribution is 2.21. The molecule has 0 spiro atoms. The molecule has 0 aromatic heterocycles. The first-order valence-electron chi connectivity index (χ1n) is 7.13. The van der Waals surface area contributed by atoms with E-state index in [0.717, 1.165) is 19.4 Å². The lowest BCUT2D eigenvalue weighted by molar-refractivity contribution is -0.122. The van der Waals surface area contributed by atoms with E-state index in [1.54, 1.807) is 0 Å². The highest BCUT2D eigenvalue weighted by molar-refractivity contribution is 5.76. The Kier molecular flexibility index (Phi) is 6.56. The average molecular weight is 240 g/mol. The third-order valence-corrected chi connectivity index (χ3v) is 3.94. The highest BCUT2D eigenvalue weighted by atomic mass is 16.1. The number of hydrogen-bond acceptors (Lipinski definition) is 2. The number of amides is 1. The topological polar surface area (TPSA) is 55.1 Å². The lowest BCUT2D eigenvalue weighted by Crippen LogP contribution is -2.33. The quantitative estimate of drug-likeness (QED) is 0.718. The van der Waals surface area contributed by atoms with E-state index in [1.165, 1.54) is 25.7 Å². The summed E-state index contributed by atoms with van der Waals surface area (Å²) in [7, 11) is 0. The van der Waals surface area contributed by atoms with Crippen molar-refractivity contribution in [2.75, 3.05) is 6.54 Å². The number of hydrogen-bond donors (Lipinski definition) is 2. The van der Waals surface area contributed by atoms with Gasteiger partial charge >= 0.3 is 0 Å². The third kappa shape index (κ3) is 5.53. The van der Waals surface area contributed by atoms with Crippen LogP contribution < -0.4 is 11.1 Å².